The van der Waals surface area contributed by atoms with E-state index in [-0.39, 0.29) is 5.91 Å². The van der Waals surface area contributed by atoms with Crippen molar-refractivity contribution in [3.05, 3.63) is 35.4 Å². The van der Waals surface area contributed by atoms with Crippen LogP contribution in [0.3, 0.4) is 0 Å². The molecule has 0 saturated heterocycles. The van der Waals surface area contributed by atoms with Gasteiger partial charge in [-0.05, 0) is 50.3 Å². The van der Waals surface area contributed by atoms with Gasteiger partial charge in [-0.15, -0.1) is 0 Å². The van der Waals surface area contributed by atoms with E-state index >= 15 is 0 Å². The van der Waals surface area contributed by atoms with Crippen LogP contribution in [0.2, 0.25) is 0 Å². The molecule has 120 valence electrons. The molecular weight excluding hydrogens is 278 g/mol. The van der Waals surface area contributed by atoms with Crippen molar-refractivity contribution in [2.45, 2.75) is 57.9 Å². The van der Waals surface area contributed by atoms with E-state index in [1.807, 2.05) is 24.3 Å². The largest absolute Gasteiger partial charge is 0.481 e. The Hall–Kier alpha value is -1.84. The van der Waals surface area contributed by atoms with E-state index in [4.69, 9.17) is 5.11 Å². The van der Waals surface area contributed by atoms with Crippen LogP contribution in [0.15, 0.2) is 24.3 Å². The van der Waals surface area contributed by atoms with Gasteiger partial charge in [-0.3, -0.25) is 9.59 Å². The third-order valence-corrected chi connectivity index (χ3v) is 4.75. The molecule has 0 heterocycles. The van der Waals surface area contributed by atoms with Gasteiger partial charge in [0.15, 0.2) is 0 Å². The molecule has 0 radical (unpaired) electrons. The van der Waals surface area contributed by atoms with Crippen molar-refractivity contribution in [3.63, 3.8) is 0 Å². The summed E-state index contributed by atoms with van der Waals surface area (Å²) in [5.41, 5.74) is 1.90. The fourth-order valence-electron chi connectivity index (χ4n) is 2.97. The van der Waals surface area contributed by atoms with Crippen LogP contribution in [-0.4, -0.2) is 23.0 Å². The first-order valence-corrected chi connectivity index (χ1v) is 8.12. The van der Waals surface area contributed by atoms with Gasteiger partial charge in [0.05, 0.1) is 5.92 Å². The van der Waals surface area contributed by atoms with E-state index in [0.29, 0.717) is 11.5 Å². The molecule has 2 atom stereocenters. The quantitative estimate of drug-likeness (QED) is 0.874. The first kappa shape index (κ1) is 16.5. The minimum Gasteiger partial charge on any atom is -0.481 e. The Bertz CT molecular complexity index is 518. The molecule has 1 aromatic rings. The molecule has 2 rings (SSSR count). The van der Waals surface area contributed by atoms with E-state index in [9.17, 15) is 9.59 Å². The first-order valence-electron chi connectivity index (χ1n) is 8.12. The van der Waals surface area contributed by atoms with Crippen molar-refractivity contribution in [2.24, 2.45) is 5.92 Å². The summed E-state index contributed by atoms with van der Waals surface area (Å²) in [5, 5.41) is 11.7. The van der Waals surface area contributed by atoms with Gasteiger partial charge >= 0.3 is 5.97 Å². The van der Waals surface area contributed by atoms with Crippen LogP contribution in [0.4, 0.5) is 0 Å². The maximum absolute atomic E-state index is 12.2. The molecule has 1 amide bonds. The Balaban J connectivity index is 1.97. The Labute approximate surface area is 131 Å². The number of carboxylic acids is 1. The van der Waals surface area contributed by atoms with Crippen molar-refractivity contribution in [2.75, 3.05) is 0 Å². The number of hydrogen-bond donors (Lipinski definition) is 2. The molecule has 0 bridgehead atoms. The molecule has 0 spiro atoms. The van der Waals surface area contributed by atoms with Crippen LogP contribution in [0.5, 0.6) is 0 Å². The normalized spacial score (nSPS) is 18.5. The van der Waals surface area contributed by atoms with Crippen LogP contribution in [-0.2, 0) is 4.79 Å². The highest BCUT2D eigenvalue weighted by Crippen LogP contribution is 2.32. The minimum atomic E-state index is -0.902. The lowest BCUT2D eigenvalue weighted by atomic mass is 9.84. The lowest BCUT2D eigenvalue weighted by Gasteiger charge is -2.22. The average molecular weight is 303 g/mol. The van der Waals surface area contributed by atoms with Gasteiger partial charge in [0.2, 0.25) is 0 Å². The molecule has 1 aliphatic rings. The molecule has 4 heteroatoms. The van der Waals surface area contributed by atoms with Gasteiger partial charge in [-0.2, -0.15) is 0 Å². The SMILES string of the molecule is CC(NC(=O)c1ccc(C2CCCCC2)cc1)C(C)C(=O)O. The van der Waals surface area contributed by atoms with Gasteiger partial charge in [-0.1, -0.05) is 31.4 Å². The summed E-state index contributed by atoms with van der Waals surface area (Å²) in [5.74, 6) is -1.10. The zero-order chi connectivity index (χ0) is 16.1. The summed E-state index contributed by atoms with van der Waals surface area (Å²) in [6, 6.07) is 7.37. The second-order valence-corrected chi connectivity index (χ2v) is 6.35. The minimum absolute atomic E-state index is 0.212. The summed E-state index contributed by atoms with van der Waals surface area (Å²) < 4.78 is 0. The second kappa shape index (κ2) is 7.43. The Morgan fingerprint density at radius 3 is 2.23 bits per heavy atom. The van der Waals surface area contributed by atoms with E-state index < -0.39 is 17.9 Å². The number of amides is 1. The van der Waals surface area contributed by atoms with Gasteiger partial charge in [0.1, 0.15) is 0 Å². The number of carbonyl (C=O) groups excluding carboxylic acids is 1. The molecule has 0 aliphatic heterocycles. The predicted octanol–water partition coefficient (Wildman–Crippen LogP) is 3.57. The summed E-state index contributed by atoms with van der Waals surface area (Å²) in [6.45, 7) is 3.31. The highest BCUT2D eigenvalue weighted by Gasteiger charge is 2.22. The van der Waals surface area contributed by atoms with Gasteiger partial charge in [0.25, 0.3) is 5.91 Å². The predicted molar refractivity (Wildman–Crippen MR) is 86.0 cm³/mol. The maximum Gasteiger partial charge on any atom is 0.308 e. The van der Waals surface area contributed by atoms with E-state index in [0.717, 1.165) is 0 Å². The number of benzene rings is 1. The zero-order valence-corrected chi connectivity index (χ0v) is 13.3. The van der Waals surface area contributed by atoms with Crippen LogP contribution >= 0.6 is 0 Å². The maximum atomic E-state index is 12.2. The fourth-order valence-corrected chi connectivity index (χ4v) is 2.97. The number of hydrogen-bond acceptors (Lipinski definition) is 2. The molecule has 22 heavy (non-hydrogen) atoms. The smallest absolute Gasteiger partial charge is 0.308 e. The lowest BCUT2D eigenvalue weighted by Crippen LogP contribution is -2.40. The van der Waals surface area contributed by atoms with Gasteiger partial charge in [0, 0.05) is 11.6 Å². The van der Waals surface area contributed by atoms with Crippen LogP contribution in [0.1, 0.15) is 67.8 Å². The highest BCUT2D eigenvalue weighted by molar-refractivity contribution is 5.94. The van der Waals surface area contributed by atoms with Gasteiger partial charge in [-0.25, -0.2) is 0 Å². The molecule has 1 fully saturated rings. The summed E-state index contributed by atoms with van der Waals surface area (Å²) in [7, 11) is 0. The van der Waals surface area contributed by atoms with Crippen molar-refractivity contribution >= 4 is 11.9 Å². The van der Waals surface area contributed by atoms with Crippen molar-refractivity contribution in [3.8, 4) is 0 Å². The average Bonchev–Trinajstić information content (AvgIpc) is 2.54. The molecule has 1 aromatic carbocycles. The molecule has 0 aromatic heterocycles. The van der Waals surface area contributed by atoms with E-state index in [1.165, 1.54) is 37.7 Å². The zero-order valence-electron chi connectivity index (χ0n) is 13.3. The number of aliphatic carboxylic acids is 1. The first-order chi connectivity index (χ1) is 10.5. The molecular formula is C18H25NO3. The standard InChI is InChI=1S/C18H25NO3/c1-12(18(21)22)13(2)19-17(20)16-10-8-15(9-11-16)14-6-4-3-5-7-14/h8-14H,3-7H2,1-2H3,(H,19,20)(H,21,22). The highest BCUT2D eigenvalue weighted by atomic mass is 16.4. The van der Waals surface area contributed by atoms with Crippen LogP contribution < -0.4 is 5.32 Å². The van der Waals surface area contributed by atoms with Crippen molar-refractivity contribution < 1.29 is 14.7 Å². The second-order valence-electron chi connectivity index (χ2n) is 6.35. The summed E-state index contributed by atoms with van der Waals surface area (Å²) in [6.07, 6.45) is 6.38. The molecule has 1 aliphatic carbocycles. The molecule has 2 N–H and O–H groups in total. The molecule has 2 unspecified atom stereocenters. The number of carboxylic acid groups (broad SMARTS) is 1. The molecule has 1 saturated carbocycles. The monoisotopic (exact) mass is 303 g/mol. The van der Waals surface area contributed by atoms with Crippen LogP contribution in [0.25, 0.3) is 0 Å². The topological polar surface area (TPSA) is 66.4 Å². The van der Waals surface area contributed by atoms with Crippen molar-refractivity contribution in [1.82, 2.24) is 5.32 Å². The summed E-state index contributed by atoms with van der Waals surface area (Å²) in [4.78, 5) is 23.1. The Morgan fingerprint density at radius 1 is 1.09 bits per heavy atom. The fraction of sp³-hybridized carbons (Fsp3) is 0.556. The van der Waals surface area contributed by atoms with Gasteiger partial charge < -0.3 is 10.4 Å². The number of rotatable bonds is 5. The Kier molecular flexibility index (Phi) is 5.58. The third kappa shape index (κ3) is 4.09. The van der Waals surface area contributed by atoms with Crippen LogP contribution in [0, 0.1) is 5.92 Å². The van der Waals surface area contributed by atoms with E-state index in [1.54, 1.807) is 13.8 Å². The lowest BCUT2D eigenvalue weighted by molar-refractivity contribution is -0.141. The Morgan fingerprint density at radius 2 is 1.68 bits per heavy atom. The number of nitrogens with one attached hydrogen (secondary N) is 1. The number of carbonyl (C=O) groups is 2. The van der Waals surface area contributed by atoms with Crippen molar-refractivity contribution in [1.29, 1.82) is 0 Å². The third-order valence-electron chi connectivity index (χ3n) is 4.75. The summed E-state index contributed by atoms with van der Waals surface area (Å²) >= 11 is 0. The van der Waals surface area contributed by atoms with E-state index in [2.05, 4.69) is 5.32 Å². The molecule has 4 nitrogen and oxygen atoms in total.